The van der Waals surface area contributed by atoms with Crippen molar-refractivity contribution in [2.45, 2.75) is 18.9 Å². The zero-order valence-corrected chi connectivity index (χ0v) is 11.7. The van der Waals surface area contributed by atoms with Gasteiger partial charge in [0.05, 0.1) is 23.5 Å². The van der Waals surface area contributed by atoms with Gasteiger partial charge in [-0.2, -0.15) is 4.98 Å². The summed E-state index contributed by atoms with van der Waals surface area (Å²) in [6.07, 6.45) is 0.830. The second-order valence-electron chi connectivity index (χ2n) is 4.55. The van der Waals surface area contributed by atoms with Gasteiger partial charge in [-0.1, -0.05) is 0 Å². The van der Waals surface area contributed by atoms with Crippen LogP contribution in [0.1, 0.15) is 12.8 Å². The first-order valence-corrected chi connectivity index (χ1v) is 7.90. The van der Waals surface area contributed by atoms with Crippen LogP contribution in [0.3, 0.4) is 0 Å². The molecule has 0 bridgehead atoms. The van der Waals surface area contributed by atoms with Crippen molar-refractivity contribution in [1.82, 2.24) is 4.98 Å². The number of pyridine rings is 1. The number of sulfone groups is 1. The molecule has 0 spiro atoms. The Morgan fingerprint density at radius 2 is 2.05 bits per heavy atom. The van der Waals surface area contributed by atoms with Crippen LogP contribution >= 0.6 is 0 Å². The molecule has 1 N–H and O–H groups in total. The number of nitro groups is 1. The van der Waals surface area contributed by atoms with Crippen molar-refractivity contribution in [3.05, 3.63) is 22.2 Å². The van der Waals surface area contributed by atoms with E-state index in [1.807, 2.05) is 0 Å². The number of anilines is 1. The number of nitrogens with zero attached hydrogens (tertiary/aromatic N) is 2. The van der Waals surface area contributed by atoms with Crippen LogP contribution in [0.4, 0.5) is 11.5 Å². The molecule has 0 amide bonds. The summed E-state index contributed by atoms with van der Waals surface area (Å²) in [7, 11) is -1.54. The number of hydrogen-bond acceptors (Lipinski definition) is 7. The second kappa shape index (κ2) is 5.61. The highest BCUT2D eigenvalue weighted by Gasteiger charge is 2.26. The van der Waals surface area contributed by atoms with Gasteiger partial charge in [-0.3, -0.25) is 10.1 Å². The third-order valence-electron chi connectivity index (χ3n) is 3.15. The lowest BCUT2D eigenvalue weighted by molar-refractivity contribution is -0.384. The third-order valence-corrected chi connectivity index (χ3v) is 4.87. The van der Waals surface area contributed by atoms with E-state index in [4.69, 9.17) is 4.74 Å². The fourth-order valence-corrected chi connectivity index (χ4v) is 3.52. The lowest BCUT2D eigenvalue weighted by atomic mass is 10.1. The number of rotatable bonds is 4. The molecule has 0 saturated carbocycles. The van der Waals surface area contributed by atoms with E-state index >= 15 is 0 Å². The van der Waals surface area contributed by atoms with Gasteiger partial charge >= 0.3 is 5.69 Å². The molecule has 2 heterocycles. The molecule has 0 radical (unpaired) electrons. The average molecular weight is 301 g/mol. The molecule has 1 aromatic heterocycles. The molecule has 2 rings (SSSR count). The molecule has 1 aliphatic rings. The van der Waals surface area contributed by atoms with Gasteiger partial charge in [-0.25, -0.2) is 8.42 Å². The standard InChI is InChI=1S/C11H15N3O5S/c1-19-10-3-2-9(14(15)16)11(13-10)12-8-4-6-20(17,18)7-5-8/h2-3,8H,4-7H2,1H3,(H,12,13). The number of methoxy groups -OCH3 is 1. The van der Waals surface area contributed by atoms with E-state index < -0.39 is 14.8 Å². The van der Waals surface area contributed by atoms with Crippen molar-refractivity contribution in [2.24, 2.45) is 0 Å². The molecule has 20 heavy (non-hydrogen) atoms. The maximum atomic E-state index is 11.4. The van der Waals surface area contributed by atoms with Crippen LogP contribution in [0.2, 0.25) is 0 Å². The van der Waals surface area contributed by atoms with E-state index in [9.17, 15) is 18.5 Å². The maximum absolute atomic E-state index is 11.4. The topological polar surface area (TPSA) is 111 Å². The molecule has 9 heteroatoms. The monoisotopic (exact) mass is 301 g/mol. The van der Waals surface area contributed by atoms with Crippen molar-refractivity contribution in [3.63, 3.8) is 0 Å². The minimum Gasteiger partial charge on any atom is -0.481 e. The summed E-state index contributed by atoms with van der Waals surface area (Å²) in [5.74, 6) is 0.547. The summed E-state index contributed by atoms with van der Waals surface area (Å²) in [5.41, 5.74) is -0.153. The fraction of sp³-hybridized carbons (Fsp3) is 0.545. The van der Waals surface area contributed by atoms with Crippen molar-refractivity contribution in [1.29, 1.82) is 0 Å². The Kier molecular flexibility index (Phi) is 4.07. The van der Waals surface area contributed by atoms with E-state index in [1.54, 1.807) is 0 Å². The first kappa shape index (κ1) is 14.5. The lowest BCUT2D eigenvalue weighted by Crippen LogP contribution is -2.32. The third kappa shape index (κ3) is 3.35. The smallest absolute Gasteiger partial charge is 0.311 e. The zero-order valence-electron chi connectivity index (χ0n) is 10.9. The van der Waals surface area contributed by atoms with E-state index in [2.05, 4.69) is 10.3 Å². The molecule has 8 nitrogen and oxygen atoms in total. The van der Waals surface area contributed by atoms with Crippen LogP contribution in [-0.4, -0.2) is 43.0 Å². The molecule has 0 atom stereocenters. The van der Waals surface area contributed by atoms with Gasteiger partial charge in [-0.05, 0) is 12.8 Å². The molecule has 1 aromatic rings. The van der Waals surface area contributed by atoms with Crippen LogP contribution in [0.5, 0.6) is 5.88 Å². The largest absolute Gasteiger partial charge is 0.481 e. The van der Waals surface area contributed by atoms with Crippen molar-refractivity contribution in [3.8, 4) is 5.88 Å². The second-order valence-corrected chi connectivity index (χ2v) is 6.85. The van der Waals surface area contributed by atoms with Crippen molar-refractivity contribution < 1.29 is 18.1 Å². The Bertz CT molecular complexity index is 602. The van der Waals surface area contributed by atoms with Crippen LogP contribution in [-0.2, 0) is 9.84 Å². The van der Waals surface area contributed by atoms with Crippen molar-refractivity contribution >= 4 is 21.3 Å². The van der Waals surface area contributed by atoms with E-state index in [0.29, 0.717) is 12.8 Å². The molecule has 0 unspecified atom stereocenters. The normalized spacial score (nSPS) is 18.4. The minimum atomic E-state index is -2.97. The van der Waals surface area contributed by atoms with Gasteiger partial charge in [0.2, 0.25) is 11.7 Å². The summed E-state index contributed by atoms with van der Waals surface area (Å²) >= 11 is 0. The SMILES string of the molecule is COc1ccc([N+](=O)[O-])c(NC2CCS(=O)(=O)CC2)n1. The molecule has 1 aliphatic heterocycles. The highest BCUT2D eigenvalue weighted by molar-refractivity contribution is 7.91. The lowest BCUT2D eigenvalue weighted by Gasteiger charge is -2.23. The van der Waals surface area contributed by atoms with Gasteiger partial charge in [0, 0.05) is 18.2 Å². The zero-order chi connectivity index (χ0) is 14.8. The predicted octanol–water partition coefficient (Wildman–Crippen LogP) is 0.987. The van der Waals surface area contributed by atoms with Crippen molar-refractivity contribution in [2.75, 3.05) is 23.9 Å². The first-order valence-electron chi connectivity index (χ1n) is 6.07. The summed E-state index contributed by atoms with van der Waals surface area (Å²) in [4.78, 5) is 14.4. The summed E-state index contributed by atoms with van der Waals surface area (Å²) in [6.45, 7) is 0. The highest BCUT2D eigenvalue weighted by Crippen LogP contribution is 2.27. The number of ether oxygens (including phenoxy) is 1. The van der Waals surface area contributed by atoms with Gasteiger partial charge in [0.25, 0.3) is 0 Å². The van der Waals surface area contributed by atoms with Gasteiger partial charge in [-0.15, -0.1) is 0 Å². The molecule has 1 fully saturated rings. The molecular formula is C11H15N3O5S. The summed E-state index contributed by atoms with van der Waals surface area (Å²) in [6, 6.07) is 2.58. The van der Waals surface area contributed by atoms with Crippen LogP contribution in [0.15, 0.2) is 12.1 Å². The Balaban J connectivity index is 2.17. The fourth-order valence-electron chi connectivity index (χ4n) is 2.03. The maximum Gasteiger partial charge on any atom is 0.311 e. The minimum absolute atomic E-state index is 0.0857. The quantitative estimate of drug-likeness (QED) is 0.651. The Morgan fingerprint density at radius 1 is 1.40 bits per heavy atom. The molecule has 1 saturated heterocycles. The van der Waals surface area contributed by atoms with Crippen LogP contribution < -0.4 is 10.1 Å². The van der Waals surface area contributed by atoms with Gasteiger partial charge < -0.3 is 10.1 Å². The van der Waals surface area contributed by atoms with Crippen LogP contribution in [0.25, 0.3) is 0 Å². The molecule has 0 aromatic carbocycles. The van der Waals surface area contributed by atoms with Gasteiger partial charge in [0.15, 0.2) is 0 Å². The first-order chi connectivity index (χ1) is 9.41. The van der Waals surface area contributed by atoms with E-state index in [0.717, 1.165) is 0 Å². The summed E-state index contributed by atoms with van der Waals surface area (Å²) < 4.78 is 27.6. The molecular weight excluding hydrogens is 286 g/mol. The van der Waals surface area contributed by atoms with Crippen LogP contribution in [0, 0.1) is 10.1 Å². The Morgan fingerprint density at radius 3 is 2.60 bits per heavy atom. The Labute approximate surface area is 116 Å². The average Bonchev–Trinajstić information content (AvgIpc) is 2.40. The molecule has 0 aliphatic carbocycles. The van der Waals surface area contributed by atoms with E-state index in [1.165, 1.54) is 19.2 Å². The number of aromatic nitrogens is 1. The Hall–Kier alpha value is -1.90. The predicted molar refractivity (Wildman–Crippen MR) is 72.7 cm³/mol. The van der Waals surface area contributed by atoms with E-state index in [-0.39, 0.29) is 34.9 Å². The summed E-state index contributed by atoms with van der Waals surface area (Å²) in [5, 5.41) is 13.9. The van der Waals surface area contributed by atoms with Gasteiger partial charge in [0.1, 0.15) is 9.84 Å². The highest BCUT2D eigenvalue weighted by atomic mass is 32.2. The molecule has 110 valence electrons. The number of nitrogens with one attached hydrogen (secondary N) is 1. The number of hydrogen-bond donors (Lipinski definition) is 1.